The number of rotatable bonds is 3. The first-order chi connectivity index (χ1) is 7.68. The molecule has 3 N–H and O–H groups in total. The first kappa shape index (κ1) is 10.9. The summed E-state index contributed by atoms with van der Waals surface area (Å²) in [6.07, 6.45) is -1.40. The predicted octanol–water partition coefficient (Wildman–Crippen LogP) is 1.88. The Bertz CT molecular complexity index is 477. The van der Waals surface area contributed by atoms with Crippen LogP contribution in [0.25, 0.3) is 10.8 Å². The van der Waals surface area contributed by atoms with Crippen LogP contribution in [0, 0.1) is 0 Å². The summed E-state index contributed by atoms with van der Waals surface area (Å²) in [5.41, 5.74) is 5.67. The van der Waals surface area contributed by atoms with Crippen LogP contribution >= 0.6 is 0 Å². The lowest BCUT2D eigenvalue weighted by Gasteiger charge is -2.18. The fourth-order valence-corrected chi connectivity index (χ4v) is 1.54. The molecule has 0 spiro atoms. The average molecular weight is 217 g/mol. The first-order valence-corrected chi connectivity index (χ1v) is 5.26. The van der Waals surface area contributed by atoms with Crippen molar-refractivity contribution in [3.8, 4) is 5.75 Å². The van der Waals surface area contributed by atoms with E-state index in [4.69, 9.17) is 10.5 Å². The van der Waals surface area contributed by atoms with Gasteiger partial charge in [-0.25, -0.2) is 0 Å². The molecule has 2 unspecified atom stereocenters. The molecule has 0 saturated heterocycles. The molecule has 0 radical (unpaired) electrons. The van der Waals surface area contributed by atoms with Gasteiger partial charge in [0.2, 0.25) is 0 Å². The quantitative estimate of drug-likeness (QED) is 0.772. The Balaban J connectivity index is 2.37. The predicted molar refractivity (Wildman–Crippen MR) is 64.2 cm³/mol. The number of nitrogens with two attached hydrogens (primary N) is 1. The summed E-state index contributed by atoms with van der Waals surface area (Å²) in [5, 5.41) is 11.4. The van der Waals surface area contributed by atoms with Crippen molar-refractivity contribution in [1.29, 1.82) is 0 Å². The maximum atomic E-state index is 9.30. The van der Waals surface area contributed by atoms with Crippen molar-refractivity contribution in [2.45, 2.75) is 19.3 Å². The monoisotopic (exact) mass is 217 g/mol. The zero-order valence-electron chi connectivity index (χ0n) is 9.13. The summed E-state index contributed by atoms with van der Waals surface area (Å²) in [6, 6.07) is 13.7. The largest absolute Gasteiger partial charge is 0.472 e. The van der Waals surface area contributed by atoms with Gasteiger partial charge in [0.25, 0.3) is 0 Å². The Kier molecular flexibility index (Phi) is 3.08. The first-order valence-electron chi connectivity index (χ1n) is 5.26. The van der Waals surface area contributed by atoms with E-state index in [0.717, 1.165) is 10.8 Å². The molecule has 3 heteroatoms. The average Bonchev–Trinajstić information content (AvgIpc) is 2.29. The number of hydrogen-bond acceptors (Lipinski definition) is 3. The van der Waals surface area contributed by atoms with Gasteiger partial charge in [-0.3, -0.25) is 5.73 Å². The van der Waals surface area contributed by atoms with Crippen LogP contribution in [0.4, 0.5) is 0 Å². The number of fused-ring (bicyclic) bond motifs is 1. The molecule has 2 rings (SSSR count). The summed E-state index contributed by atoms with van der Waals surface area (Å²) in [4.78, 5) is 0. The third-order valence-corrected chi connectivity index (χ3v) is 2.49. The highest BCUT2D eigenvalue weighted by atomic mass is 16.5. The van der Waals surface area contributed by atoms with E-state index in [9.17, 15) is 5.11 Å². The van der Waals surface area contributed by atoms with E-state index in [0.29, 0.717) is 5.75 Å². The molecule has 3 nitrogen and oxygen atoms in total. The second-order valence-electron chi connectivity index (χ2n) is 3.80. The third kappa shape index (κ3) is 2.15. The Morgan fingerprint density at radius 3 is 2.56 bits per heavy atom. The smallest absolute Gasteiger partial charge is 0.173 e. The van der Waals surface area contributed by atoms with Crippen LogP contribution in [0.5, 0.6) is 5.75 Å². The summed E-state index contributed by atoms with van der Waals surface area (Å²) >= 11 is 0. The molecule has 0 aliphatic rings. The van der Waals surface area contributed by atoms with Crippen LogP contribution in [0.1, 0.15) is 6.92 Å². The van der Waals surface area contributed by atoms with Gasteiger partial charge in [0.1, 0.15) is 11.9 Å². The maximum Gasteiger partial charge on any atom is 0.173 e. The van der Waals surface area contributed by atoms with Crippen LogP contribution in [-0.4, -0.2) is 17.4 Å². The van der Waals surface area contributed by atoms with Crippen molar-refractivity contribution < 1.29 is 9.84 Å². The van der Waals surface area contributed by atoms with Crippen molar-refractivity contribution in [2.75, 3.05) is 0 Å². The number of benzene rings is 2. The molecule has 2 aromatic rings. The Hall–Kier alpha value is -1.58. The van der Waals surface area contributed by atoms with Gasteiger partial charge in [0, 0.05) is 5.39 Å². The van der Waals surface area contributed by atoms with Gasteiger partial charge in [-0.05, 0) is 18.4 Å². The van der Waals surface area contributed by atoms with Crippen molar-refractivity contribution >= 4 is 10.8 Å². The second-order valence-corrected chi connectivity index (χ2v) is 3.80. The lowest BCUT2D eigenvalue weighted by atomic mass is 10.1. The van der Waals surface area contributed by atoms with Gasteiger partial charge in [-0.1, -0.05) is 36.4 Å². The molecule has 16 heavy (non-hydrogen) atoms. The minimum atomic E-state index is -0.703. The molecule has 2 aromatic carbocycles. The molecular formula is C13H15NO2. The fraction of sp³-hybridized carbons (Fsp3) is 0.231. The second kappa shape index (κ2) is 4.51. The number of hydrogen-bond donors (Lipinski definition) is 2. The van der Waals surface area contributed by atoms with Crippen LogP contribution < -0.4 is 10.5 Å². The Morgan fingerprint density at radius 2 is 1.81 bits per heavy atom. The highest BCUT2D eigenvalue weighted by Crippen LogP contribution is 2.25. The molecule has 0 saturated carbocycles. The number of ether oxygens (including phenoxy) is 1. The Labute approximate surface area is 94.5 Å². The molecule has 0 aromatic heterocycles. The molecule has 0 amide bonds. The highest BCUT2D eigenvalue weighted by Gasteiger charge is 2.12. The van der Waals surface area contributed by atoms with E-state index in [2.05, 4.69) is 0 Å². The molecule has 0 fully saturated rings. The van der Waals surface area contributed by atoms with E-state index in [-0.39, 0.29) is 0 Å². The fourth-order valence-electron chi connectivity index (χ4n) is 1.54. The van der Waals surface area contributed by atoms with Crippen molar-refractivity contribution in [2.24, 2.45) is 5.73 Å². The van der Waals surface area contributed by atoms with Gasteiger partial charge in [-0.2, -0.15) is 0 Å². The van der Waals surface area contributed by atoms with E-state index in [1.54, 1.807) is 6.92 Å². The maximum absolute atomic E-state index is 9.30. The molecule has 0 aliphatic carbocycles. The third-order valence-electron chi connectivity index (χ3n) is 2.49. The minimum Gasteiger partial charge on any atom is -0.472 e. The topological polar surface area (TPSA) is 55.5 Å². The molecule has 0 heterocycles. The van der Waals surface area contributed by atoms with Crippen LogP contribution in [-0.2, 0) is 0 Å². The number of aliphatic hydroxyl groups excluding tert-OH is 1. The Morgan fingerprint density at radius 1 is 1.12 bits per heavy atom. The van der Waals surface area contributed by atoms with E-state index in [1.807, 2.05) is 42.5 Å². The summed E-state index contributed by atoms with van der Waals surface area (Å²) in [6.45, 7) is 1.61. The minimum absolute atomic E-state index is 0.695. The molecule has 0 bridgehead atoms. The summed E-state index contributed by atoms with van der Waals surface area (Å²) < 4.78 is 5.52. The van der Waals surface area contributed by atoms with Crippen LogP contribution in [0.15, 0.2) is 42.5 Å². The van der Waals surface area contributed by atoms with E-state index >= 15 is 0 Å². The van der Waals surface area contributed by atoms with Crippen molar-refractivity contribution in [3.05, 3.63) is 42.5 Å². The lowest BCUT2D eigenvalue weighted by Crippen LogP contribution is -2.37. The van der Waals surface area contributed by atoms with Gasteiger partial charge < -0.3 is 9.84 Å². The standard InChI is InChI=1S/C13H15NO2/c1-9(15)13(14)16-12-8-4-6-10-5-2-3-7-11(10)12/h2-9,13,15H,14H2,1H3. The van der Waals surface area contributed by atoms with Gasteiger partial charge in [0.15, 0.2) is 6.23 Å². The van der Waals surface area contributed by atoms with Crippen molar-refractivity contribution in [1.82, 2.24) is 0 Å². The zero-order valence-corrected chi connectivity index (χ0v) is 9.13. The van der Waals surface area contributed by atoms with Gasteiger partial charge in [0.05, 0.1) is 0 Å². The number of aliphatic hydroxyl groups is 1. The summed E-state index contributed by atoms with van der Waals surface area (Å²) in [7, 11) is 0. The van der Waals surface area contributed by atoms with Gasteiger partial charge in [-0.15, -0.1) is 0 Å². The van der Waals surface area contributed by atoms with Crippen LogP contribution in [0.3, 0.4) is 0 Å². The molecule has 2 atom stereocenters. The van der Waals surface area contributed by atoms with E-state index < -0.39 is 12.3 Å². The summed E-state index contributed by atoms with van der Waals surface area (Å²) in [5.74, 6) is 0.700. The van der Waals surface area contributed by atoms with Crippen molar-refractivity contribution in [3.63, 3.8) is 0 Å². The van der Waals surface area contributed by atoms with E-state index in [1.165, 1.54) is 0 Å². The van der Waals surface area contributed by atoms with Crippen LogP contribution in [0.2, 0.25) is 0 Å². The zero-order chi connectivity index (χ0) is 11.5. The molecule has 0 aliphatic heterocycles. The normalized spacial score (nSPS) is 14.7. The lowest BCUT2D eigenvalue weighted by molar-refractivity contribution is 0.0538. The SMILES string of the molecule is CC(O)C(N)Oc1cccc2ccccc12. The molecular weight excluding hydrogens is 202 g/mol. The molecule has 84 valence electrons. The van der Waals surface area contributed by atoms with Gasteiger partial charge >= 0.3 is 0 Å². The highest BCUT2D eigenvalue weighted by molar-refractivity contribution is 5.88.